The summed E-state index contributed by atoms with van der Waals surface area (Å²) < 4.78 is 5.40. The monoisotopic (exact) mass is 214 g/mol. The molecule has 0 aromatic rings. The number of nitrogens with zero attached hydrogens (tertiary/aromatic N) is 1. The maximum atomic E-state index is 6.35. The molecule has 90 valence electrons. The van der Waals surface area contributed by atoms with E-state index < -0.39 is 0 Å². The number of ether oxygens (including phenoxy) is 1. The Balaban J connectivity index is 2.72. The Kier molecular flexibility index (Phi) is 4.56. The molecule has 3 heteroatoms. The summed E-state index contributed by atoms with van der Waals surface area (Å²) in [6.45, 7) is 12.7. The number of hydrogen-bond donors (Lipinski definition) is 1. The van der Waals surface area contributed by atoms with Crippen molar-refractivity contribution in [3.63, 3.8) is 0 Å². The summed E-state index contributed by atoms with van der Waals surface area (Å²) in [5, 5.41) is 0. The number of rotatable bonds is 4. The van der Waals surface area contributed by atoms with Gasteiger partial charge in [-0.15, -0.1) is 0 Å². The molecule has 1 aliphatic rings. The molecule has 2 atom stereocenters. The predicted molar refractivity (Wildman–Crippen MR) is 63.9 cm³/mol. The van der Waals surface area contributed by atoms with E-state index in [1.165, 1.54) is 0 Å². The Hall–Kier alpha value is -0.120. The molecule has 1 saturated heterocycles. The van der Waals surface area contributed by atoms with E-state index in [1.54, 1.807) is 0 Å². The van der Waals surface area contributed by atoms with Gasteiger partial charge < -0.3 is 10.5 Å². The molecule has 3 nitrogen and oxygen atoms in total. The highest BCUT2D eigenvalue weighted by atomic mass is 16.5. The van der Waals surface area contributed by atoms with Gasteiger partial charge in [0.15, 0.2) is 0 Å². The standard InChI is InChI=1S/C12H26N2O/c1-5-12(4,11(13)10(2)3)14-6-8-15-9-7-14/h10-11H,5-9,13H2,1-4H3. The van der Waals surface area contributed by atoms with Crippen LogP contribution in [0, 0.1) is 5.92 Å². The van der Waals surface area contributed by atoms with Crippen molar-refractivity contribution >= 4 is 0 Å². The molecule has 1 fully saturated rings. The van der Waals surface area contributed by atoms with Crippen LogP contribution in [-0.2, 0) is 4.74 Å². The third kappa shape index (κ3) is 2.71. The summed E-state index contributed by atoms with van der Waals surface area (Å²) >= 11 is 0. The number of nitrogens with two attached hydrogens (primary N) is 1. The fraction of sp³-hybridized carbons (Fsp3) is 1.00. The number of morpholine rings is 1. The molecule has 0 spiro atoms. The molecule has 0 saturated carbocycles. The van der Waals surface area contributed by atoms with Crippen LogP contribution in [-0.4, -0.2) is 42.8 Å². The third-order valence-electron chi connectivity index (χ3n) is 3.89. The Morgan fingerprint density at radius 3 is 2.27 bits per heavy atom. The Morgan fingerprint density at radius 1 is 1.33 bits per heavy atom. The van der Waals surface area contributed by atoms with Crippen LogP contribution in [0.4, 0.5) is 0 Å². The second-order valence-corrected chi connectivity index (χ2v) is 5.08. The maximum absolute atomic E-state index is 6.35. The molecule has 15 heavy (non-hydrogen) atoms. The first-order valence-electron chi connectivity index (χ1n) is 6.10. The van der Waals surface area contributed by atoms with Gasteiger partial charge in [0, 0.05) is 24.7 Å². The Morgan fingerprint density at radius 2 is 1.87 bits per heavy atom. The zero-order valence-corrected chi connectivity index (χ0v) is 10.6. The Bertz CT molecular complexity index is 190. The van der Waals surface area contributed by atoms with Gasteiger partial charge in [0.25, 0.3) is 0 Å². The SMILES string of the molecule is CCC(C)(C(N)C(C)C)N1CCOCC1. The summed E-state index contributed by atoms with van der Waals surface area (Å²) in [6, 6.07) is 0.237. The van der Waals surface area contributed by atoms with Crippen molar-refractivity contribution in [2.75, 3.05) is 26.3 Å². The minimum Gasteiger partial charge on any atom is -0.379 e. The second-order valence-electron chi connectivity index (χ2n) is 5.08. The lowest BCUT2D eigenvalue weighted by Gasteiger charge is -2.47. The Labute approximate surface area is 94.0 Å². The van der Waals surface area contributed by atoms with Crippen molar-refractivity contribution in [3.05, 3.63) is 0 Å². The van der Waals surface area contributed by atoms with Gasteiger partial charge in [0.2, 0.25) is 0 Å². The van der Waals surface area contributed by atoms with Crippen LogP contribution in [0.5, 0.6) is 0 Å². The smallest absolute Gasteiger partial charge is 0.0594 e. The van der Waals surface area contributed by atoms with Gasteiger partial charge in [0.1, 0.15) is 0 Å². The van der Waals surface area contributed by atoms with Crippen LogP contribution < -0.4 is 5.73 Å². The average molecular weight is 214 g/mol. The van der Waals surface area contributed by atoms with Gasteiger partial charge in [-0.1, -0.05) is 20.8 Å². The first-order valence-corrected chi connectivity index (χ1v) is 6.10. The summed E-state index contributed by atoms with van der Waals surface area (Å²) in [5.41, 5.74) is 6.48. The van der Waals surface area contributed by atoms with Crippen molar-refractivity contribution in [2.24, 2.45) is 11.7 Å². The fourth-order valence-electron chi connectivity index (χ4n) is 2.46. The molecule has 2 N–H and O–H groups in total. The van der Waals surface area contributed by atoms with Gasteiger partial charge in [-0.05, 0) is 19.3 Å². The largest absolute Gasteiger partial charge is 0.379 e. The molecule has 1 heterocycles. The summed E-state index contributed by atoms with van der Waals surface area (Å²) in [7, 11) is 0. The van der Waals surface area contributed by atoms with Crippen molar-refractivity contribution in [1.82, 2.24) is 4.90 Å². The highest BCUT2D eigenvalue weighted by molar-refractivity contribution is 4.96. The van der Waals surface area contributed by atoms with Crippen LogP contribution in [0.2, 0.25) is 0 Å². The molecule has 0 bridgehead atoms. The van der Waals surface area contributed by atoms with E-state index in [9.17, 15) is 0 Å². The molecule has 2 unspecified atom stereocenters. The van der Waals surface area contributed by atoms with E-state index in [4.69, 9.17) is 10.5 Å². The van der Waals surface area contributed by atoms with E-state index in [1.807, 2.05) is 0 Å². The van der Waals surface area contributed by atoms with Crippen LogP contribution in [0.3, 0.4) is 0 Å². The molecular formula is C12H26N2O. The molecule has 0 aromatic heterocycles. The topological polar surface area (TPSA) is 38.5 Å². The molecule has 0 amide bonds. The summed E-state index contributed by atoms with van der Waals surface area (Å²) in [6.07, 6.45) is 1.10. The lowest BCUT2D eigenvalue weighted by Crippen LogP contribution is -2.62. The van der Waals surface area contributed by atoms with Crippen molar-refractivity contribution in [1.29, 1.82) is 0 Å². The minimum atomic E-state index is 0.123. The van der Waals surface area contributed by atoms with Crippen LogP contribution in [0.15, 0.2) is 0 Å². The van der Waals surface area contributed by atoms with Crippen LogP contribution in [0.1, 0.15) is 34.1 Å². The van der Waals surface area contributed by atoms with E-state index >= 15 is 0 Å². The van der Waals surface area contributed by atoms with Crippen LogP contribution >= 0.6 is 0 Å². The van der Waals surface area contributed by atoms with Crippen molar-refractivity contribution in [2.45, 2.75) is 45.7 Å². The van der Waals surface area contributed by atoms with Gasteiger partial charge in [0.05, 0.1) is 13.2 Å². The lowest BCUT2D eigenvalue weighted by molar-refractivity contribution is -0.0328. The molecular weight excluding hydrogens is 188 g/mol. The van der Waals surface area contributed by atoms with Gasteiger partial charge in [-0.2, -0.15) is 0 Å². The van der Waals surface area contributed by atoms with Crippen LogP contribution in [0.25, 0.3) is 0 Å². The van der Waals surface area contributed by atoms with Crippen molar-refractivity contribution < 1.29 is 4.74 Å². The van der Waals surface area contributed by atoms with Gasteiger partial charge in [-0.25, -0.2) is 0 Å². The molecule has 0 aromatic carbocycles. The first kappa shape index (κ1) is 12.9. The highest BCUT2D eigenvalue weighted by Crippen LogP contribution is 2.27. The summed E-state index contributed by atoms with van der Waals surface area (Å²) in [4.78, 5) is 2.50. The van der Waals surface area contributed by atoms with Gasteiger partial charge >= 0.3 is 0 Å². The highest BCUT2D eigenvalue weighted by Gasteiger charge is 2.38. The van der Waals surface area contributed by atoms with Gasteiger partial charge in [-0.3, -0.25) is 4.90 Å². The van der Waals surface area contributed by atoms with Crippen molar-refractivity contribution in [3.8, 4) is 0 Å². The molecule has 1 aliphatic heterocycles. The third-order valence-corrected chi connectivity index (χ3v) is 3.89. The second kappa shape index (κ2) is 5.28. The quantitative estimate of drug-likeness (QED) is 0.770. The average Bonchev–Trinajstić information content (AvgIpc) is 2.28. The molecule has 1 rings (SSSR count). The minimum absolute atomic E-state index is 0.123. The summed E-state index contributed by atoms with van der Waals surface area (Å²) in [5.74, 6) is 0.526. The fourth-order valence-corrected chi connectivity index (χ4v) is 2.46. The van der Waals surface area contributed by atoms with E-state index in [-0.39, 0.29) is 11.6 Å². The first-order chi connectivity index (χ1) is 7.02. The van der Waals surface area contributed by atoms with E-state index in [0.717, 1.165) is 32.7 Å². The number of hydrogen-bond acceptors (Lipinski definition) is 3. The predicted octanol–water partition coefficient (Wildman–Crippen LogP) is 1.47. The normalized spacial score (nSPS) is 25.2. The van der Waals surface area contributed by atoms with E-state index in [2.05, 4.69) is 32.6 Å². The lowest BCUT2D eigenvalue weighted by atomic mass is 9.81. The zero-order chi connectivity index (χ0) is 11.5. The maximum Gasteiger partial charge on any atom is 0.0594 e. The van der Waals surface area contributed by atoms with E-state index in [0.29, 0.717) is 5.92 Å². The molecule has 0 aliphatic carbocycles. The molecule has 0 radical (unpaired) electrons. The zero-order valence-electron chi connectivity index (χ0n) is 10.6.